The van der Waals surface area contributed by atoms with Crippen LogP contribution in [0.1, 0.15) is 25.7 Å². The van der Waals surface area contributed by atoms with Gasteiger partial charge in [0.2, 0.25) is 0 Å². The van der Waals surface area contributed by atoms with Gasteiger partial charge in [0.25, 0.3) is 0 Å². The molecule has 2 saturated heterocycles. The number of fused-ring (bicyclic) bond motifs is 2. The van der Waals surface area contributed by atoms with Gasteiger partial charge in [-0.2, -0.15) is 0 Å². The summed E-state index contributed by atoms with van der Waals surface area (Å²) in [4.78, 5) is 13.0. The van der Waals surface area contributed by atoms with Crippen LogP contribution < -0.4 is 0 Å². The summed E-state index contributed by atoms with van der Waals surface area (Å²) in [6.45, 7) is 0. The molecule has 2 rings (SSSR count). The van der Waals surface area contributed by atoms with Crippen LogP contribution in [0, 0.1) is 0 Å². The first-order valence-electron chi connectivity index (χ1n) is 4.75. The summed E-state index contributed by atoms with van der Waals surface area (Å²) in [5, 5.41) is 0. The number of carbonyl (C=O) groups excluding carboxylic acids is 1. The number of ether oxygens (including phenoxy) is 1. The summed E-state index contributed by atoms with van der Waals surface area (Å²) in [7, 11) is 2.15. The van der Waals surface area contributed by atoms with Gasteiger partial charge < -0.3 is 9.64 Å². The van der Waals surface area contributed by atoms with Crippen LogP contribution in [0.2, 0.25) is 0 Å². The van der Waals surface area contributed by atoms with E-state index in [9.17, 15) is 4.79 Å². The number of halogens is 1. The van der Waals surface area contributed by atoms with Gasteiger partial charge in [-0.3, -0.25) is 0 Å². The van der Waals surface area contributed by atoms with Crippen molar-refractivity contribution in [2.75, 3.05) is 7.05 Å². The lowest BCUT2D eigenvalue weighted by molar-refractivity contribution is 0.0399. The van der Waals surface area contributed by atoms with Gasteiger partial charge >= 0.3 is 5.43 Å². The second-order valence-corrected chi connectivity index (χ2v) is 4.31. The molecule has 2 aliphatic heterocycles. The predicted octanol–water partition coefficient (Wildman–Crippen LogP) is 1.99. The Morgan fingerprint density at radius 1 is 1.38 bits per heavy atom. The van der Waals surface area contributed by atoms with Gasteiger partial charge in [-0.15, -0.1) is 0 Å². The molecule has 0 aliphatic carbocycles. The zero-order valence-electron chi connectivity index (χ0n) is 7.70. The van der Waals surface area contributed by atoms with Crippen LogP contribution in [-0.4, -0.2) is 35.6 Å². The lowest BCUT2D eigenvalue weighted by Crippen LogP contribution is -2.43. The molecular weight excluding hydrogens is 190 g/mol. The molecule has 0 unspecified atom stereocenters. The zero-order valence-corrected chi connectivity index (χ0v) is 8.46. The number of rotatable bonds is 1. The molecule has 0 saturated carbocycles. The fraction of sp³-hybridized carbons (Fsp3) is 0.889. The van der Waals surface area contributed by atoms with Crippen LogP contribution in [0.5, 0.6) is 0 Å². The highest BCUT2D eigenvalue weighted by Crippen LogP contribution is 2.35. The number of carbonyl (C=O) groups is 1. The molecule has 4 heteroatoms. The summed E-state index contributed by atoms with van der Waals surface area (Å²) < 4.78 is 5.02. The van der Waals surface area contributed by atoms with Crippen LogP contribution >= 0.6 is 11.6 Å². The molecule has 0 aromatic heterocycles. The van der Waals surface area contributed by atoms with E-state index >= 15 is 0 Å². The highest BCUT2D eigenvalue weighted by atomic mass is 35.5. The van der Waals surface area contributed by atoms with Crippen molar-refractivity contribution >= 4 is 17.0 Å². The maximum atomic E-state index is 10.6. The predicted molar refractivity (Wildman–Crippen MR) is 49.9 cm³/mol. The van der Waals surface area contributed by atoms with E-state index in [0.717, 1.165) is 12.8 Å². The number of hydrogen-bond donors (Lipinski definition) is 0. The van der Waals surface area contributed by atoms with Crippen molar-refractivity contribution in [1.82, 2.24) is 4.90 Å². The van der Waals surface area contributed by atoms with Crippen LogP contribution in [0.3, 0.4) is 0 Å². The number of hydrogen-bond acceptors (Lipinski definition) is 3. The third kappa shape index (κ3) is 1.81. The van der Waals surface area contributed by atoms with E-state index in [-0.39, 0.29) is 6.10 Å². The first kappa shape index (κ1) is 9.28. The molecule has 0 N–H and O–H groups in total. The quantitative estimate of drug-likeness (QED) is 0.611. The van der Waals surface area contributed by atoms with Gasteiger partial charge in [0.05, 0.1) is 0 Å². The van der Waals surface area contributed by atoms with Crippen molar-refractivity contribution in [3.05, 3.63) is 0 Å². The smallest absolute Gasteiger partial charge is 0.404 e. The molecule has 0 radical (unpaired) electrons. The van der Waals surface area contributed by atoms with Crippen LogP contribution in [-0.2, 0) is 4.74 Å². The average molecular weight is 204 g/mol. The van der Waals surface area contributed by atoms with E-state index in [1.807, 2.05) is 0 Å². The van der Waals surface area contributed by atoms with Gasteiger partial charge in [0.15, 0.2) is 0 Å². The first-order valence-corrected chi connectivity index (χ1v) is 5.12. The lowest BCUT2D eigenvalue weighted by Gasteiger charge is -2.35. The monoisotopic (exact) mass is 203 g/mol. The highest BCUT2D eigenvalue weighted by Gasteiger charge is 2.39. The van der Waals surface area contributed by atoms with Gasteiger partial charge in [0.1, 0.15) is 6.10 Å². The minimum absolute atomic E-state index is 0.0544. The molecule has 2 heterocycles. The van der Waals surface area contributed by atoms with Crippen molar-refractivity contribution in [3.63, 3.8) is 0 Å². The summed E-state index contributed by atoms with van der Waals surface area (Å²) >= 11 is 5.19. The molecule has 3 nitrogen and oxygen atoms in total. The van der Waals surface area contributed by atoms with Gasteiger partial charge in [-0.25, -0.2) is 4.79 Å². The van der Waals surface area contributed by atoms with Gasteiger partial charge in [0, 0.05) is 36.5 Å². The SMILES string of the molecule is CN1[C@@H]2CC[C@H]1C[C@@H](OC(=O)Cl)C2. The molecule has 2 aliphatic rings. The zero-order chi connectivity index (χ0) is 9.42. The van der Waals surface area contributed by atoms with Crippen molar-refractivity contribution in [2.24, 2.45) is 0 Å². The molecular formula is C9H14ClNO2. The Kier molecular flexibility index (Phi) is 2.47. The van der Waals surface area contributed by atoms with E-state index in [4.69, 9.17) is 16.3 Å². The van der Waals surface area contributed by atoms with E-state index in [1.165, 1.54) is 12.8 Å². The summed E-state index contributed by atoms with van der Waals surface area (Å²) in [5.74, 6) is 0. The second kappa shape index (κ2) is 3.46. The molecule has 0 spiro atoms. The topological polar surface area (TPSA) is 29.5 Å². The maximum Gasteiger partial charge on any atom is 0.404 e. The second-order valence-electron chi connectivity index (χ2n) is 4.00. The minimum atomic E-state index is -0.658. The Morgan fingerprint density at radius 2 is 1.92 bits per heavy atom. The Bertz CT molecular complexity index is 208. The highest BCUT2D eigenvalue weighted by molar-refractivity contribution is 6.61. The molecule has 3 atom stereocenters. The van der Waals surface area contributed by atoms with Crippen molar-refractivity contribution in [3.8, 4) is 0 Å². The fourth-order valence-corrected chi connectivity index (χ4v) is 2.71. The van der Waals surface area contributed by atoms with Crippen molar-refractivity contribution in [1.29, 1.82) is 0 Å². The molecule has 0 amide bonds. The van der Waals surface area contributed by atoms with E-state index in [1.54, 1.807) is 0 Å². The summed E-state index contributed by atoms with van der Waals surface area (Å²) in [5.41, 5.74) is -0.658. The Balaban J connectivity index is 1.95. The van der Waals surface area contributed by atoms with Gasteiger partial charge in [-0.05, 0) is 19.9 Å². The van der Waals surface area contributed by atoms with Crippen LogP contribution in [0.25, 0.3) is 0 Å². The number of nitrogens with zero attached hydrogens (tertiary/aromatic N) is 1. The molecule has 13 heavy (non-hydrogen) atoms. The van der Waals surface area contributed by atoms with E-state index in [0.29, 0.717) is 12.1 Å². The molecule has 0 aromatic rings. The standard InChI is InChI=1S/C9H14ClNO2/c1-11-6-2-3-7(11)5-8(4-6)13-9(10)12/h6-8H,2-5H2,1H3/t6-,7+,8+. The minimum Gasteiger partial charge on any atom is -0.450 e. The lowest BCUT2D eigenvalue weighted by atomic mass is 10.0. The van der Waals surface area contributed by atoms with E-state index in [2.05, 4.69) is 11.9 Å². The first-order chi connectivity index (χ1) is 6.16. The normalized spacial score (nSPS) is 39.1. The average Bonchev–Trinajstić information content (AvgIpc) is 2.33. The summed E-state index contributed by atoms with van der Waals surface area (Å²) in [6, 6.07) is 1.19. The fourth-order valence-electron chi connectivity index (χ4n) is 2.59. The largest absolute Gasteiger partial charge is 0.450 e. The molecule has 2 fully saturated rings. The Morgan fingerprint density at radius 3 is 2.38 bits per heavy atom. The Hall–Kier alpha value is -0.280. The third-order valence-corrected chi connectivity index (χ3v) is 3.40. The number of piperidine rings is 1. The summed E-state index contributed by atoms with van der Waals surface area (Å²) in [6.07, 6.45) is 4.42. The maximum absolute atomic E-state index is 10.6. The van der Waals surface area contributed by atoms with Crippen molar-refractivity contribution < 1.29 is 9.53 Å². The van der Waals surface area contributed by atoms with Crippen molar-refractivity contribution in [2.45, 2.75) is 43.9 Å². The van der Waals surface area contributed by atoms with Crippen LogP contribution in [0.15, 0.2) is 0 Å². The molecule has 2 bridgehead atoms. The van der Waals surface area contributed by atoms with Crippen LogP contribution in [0.4, 0.5) is 4.79 Å². The molecule has 0 aromatic carbocycles. The third-order valence-electron chi connectivity index (χ3n) is 3.31. The van der Waals surface area contributed by atoms with Gasteiger partial charge in [-0.1, -0.05) is 0 Å². The molecule has 74 valence electrons. The Labute approximate surface area is 83.0 Å². The van der Waals surface area contributed by atoms with E-state index < -0.39 is 5.43 Å².